The number of aromatic carboxylic acids is 1. The van der Waals surface area contributed by atoms with Crippen LogP contribution in [-0.2, 0) is 4.79 Å². The molecule has 1 aliphatic heterocycles. The van der Waals surface area contributed by atoms with Crippen molar-refractivity contribution in [3.8, 4) is 0 Å². The molecule has 20 heavy (non-hydrogen) atoms. The van der Waals surface area contributed by atoms with Crippen molar-refractivity contribution in [3.05, 3.63) is 22.8 Å². The lowest BCUT2D eigenvalue weighted by atomic mass is 10.2. The number of carboxylic acids is 1. The Balaban J connectivity index is 2.25. The van der Waals surface area contributed by atoms with Gasteiger partial charge in [-0.05, 0) is 18.6 Å². The third-order valence-electron chi connectivity index (χ3n) is 3.31. The van der Waals surface area contributed by atoms with Crippen LogP contribution >= 0.6 is 11.6 Å². The fourth-order valence-corrected chi connectivity index (χ4v) is 2.42. The minimum absolute atomic E-state index is 0.0318. The number of anilines is 1. The highest BCUT2D eigenvalue weighted by Crippen LogP contribution is 2.22. The summed E-state index contributed by atoms with van der Waals surface area (Å²) >= 11 is 5.87. The maximum absolute atomic E-state index is 11.4. The summed E-state index contributed by atoms with van der Waals surface area (Å²) in [6, 6.07) is 2.93. The van der Waals surface area contributed by atoms with Crippen LogP contribution in [-0.4, -0.2) is 53.0 Å². The van der Waals surface area contributed by atoms with Crippen molar-refractivity contribution in [2.45, 2.75) is 13.3 Å². The molecule has 7 heteroatoms. The minimum atomic E-state index is -1.03. The van der Waals surface area contributed by atoms with Crippen molar-refractivity contribution in [1.29, 1.82) is 0 Å². The first-order chi connectivity index (χ1) is 9.49. The van der Waals surface area contributed by atoms with E-state index in [0.29, 0.717) is 32.0 Å². The Morgan fingerprint density at radius 1 is 1.25 bits per heavy atom. The summed E-state index contributed by atoms with van der Waals surface area (Å²) in [4.78, 5) is 30.4. The minimum Gasteiger partial charge on any atom is -0.478 e. The number of aromatic nitrogens is 1. The number of pyridine rings is 1. The van der Waals surface area contributed by atoms with Gasteiger partial charge in [-0.1, -0.05) is 11.6 Å². The molecule has 0 atom stereocenters. The summed E-state index contributed by atoms with van der Waals surface area (Å²) < 4.78 is 0. The number of carboxylic acid groups (broad SMARTS) is 1. The second-order valence-corrected chi connectivity index (χ2v) is 5.04. The number of carbonyl (C=O) groups excluding carboxylic acids is 1. The maximum atomic E-state index is 11.4. The van der Waals surface area contributed by atoms with Crippen LogP contribution in [0, 0.1) is 0 Å². The fourth-order valence-electron chi connectivity index (χ4n) is 2.28. The van der Waals surface area contributed by atoms with Crippen molar-refractivity contribution in [2.24, 2.45) is 0 Å². The lowest BCUT2D eigenvalue weighted by Crippen LogP contribution is -2.34. The molecule has 0 spiro atoms. The van der Waals surface area contributed by atoms with Gasteiger partial charge in [0.1, 0.15) is 16.5 Å². The van der Waals surface area contributed by atoms with E-state index >= 15 is 0 Å². The predicted molar refractivity (Wildman–Crippen MR) is 75.3 cm³/mol. The average molecular weight is 298 g/mol. The summed E-state index contributed by atoms with van der Waals surface area (Å²) in [5, 5.41) is 9.49. The molecule has 0 unspecified atom stereocenters. The van der Waals surface area contributed by atoms with Crippen molar-refractivity contribution < 1.29 is 14.7 Å². The third-order valence-corrected chi connectivity index (χ3v) is 3.52. The molecule has 0 saturated carbocycles. The van der Waals surface area contributed by atoms with Crippen molar-refractivity contribution >= 4 is 29.3 Å². The monoisotopic (exact) mass is 297 g/mol. The van der Waals surface area contributed by atoms with Crippen molar-refractivity contribution in [2.75, 3.05) is 31.1 Å². The Hall–Kier alpha value is -1.82. The highest BCUT2D eigenvalue weighted by atomic mass is 35.5. The highest BCUT2D eigenvalue weighted by molar-refractivity contribution is 6.29. The van der Waals surface area contributed by atoms with Crippen molar-refractivity contribution in [1.82, 2.24) is 9.88 Å². The Morgan fingerprint density at radius 3 is 2.65 bits per heavy atom. The molecule has 0 radical (unpaired) electrons. The van der Waals surface area contributed by atoms with Gasteiger partial charge in [-0.3, -0.25) is 4.79 Å². The number of hydrogen-bond donors (Lipinski definition) is 1. The third kappa shape index (κ3) is 3.19. The van der Waals surface area contributed by atoms with E-state index in [1.54, 1.807) is 4.90 Å². The van der Waals surface area contributed by atoms with Crippen LogP contribution in [0.25, 0.3) is 0 Å². The summed E-state index contributed by atoms with van der Waals surface area (Å²) in [6.07, 6.45) is 0.771. The van der Waals surface area contributed by atoms with E-state index in [1.165, 1.54) is 19.1 Å². The smallest absolute Gasteiger partial charge is 0.339 e. The summed E-state index contributed by atoms with van der Waals surface area (Å²) in [7, 11) is 0. The molecule has 0 aromatic carbocycles. The average Bonchev–Trinajstić information content (AvgIpc) is 2.63. The number of carbonyl (C=O) groups is 2. The van der Waals surface area contributed by atoms with Crippen LogP contribution in [0.3, 0.4) is 0 Å². The zero-order valence-electron chi connectivity index (χ0n) is 11.2. The molecule has 2 heterocycles. The van der Waals surface area contributed by atoms with Crippen LogP contribution in [0.5, 0.6) is 0 Å². The molecule has 6 nitrogen and oxygen atoms in total. The quantitative estimate of drug-likeness (QED) is 0.837. The molecule has 108 valence electrons. The number of halogens is 1. The second kappa shape index (κ2) is 6.09. The van der Waals surface area contributed by atoms with E-state index in [1.807, 2.05) is 4.90 Å². The molecule has 0 bridgehead atoms. The molecular weight excluding hydrogens is 282 g/mol. The molecular formula is C13H16ClN3O3. The topological polar surface area (TPSA) is 73.7 Å². The first kappa shape index (κ1) is 14.6. The van der Waals surface area contributed by atoms with Gasteiger partial charge in [0, 0.05) is 33.1 Å². The first-order valence-electron chi connectivity index (χ1n) is 6.39. The molecule has 1 aromatic rings. The summed E-state index contributed by atoms with van der Waals surface area (Å²) in [5.41, 5.74) is 0.130. The van der Waals surface area contributed by atoms with Crippen LogP contribution < -0.4 is 4.90 Å². The number of amides is 1. The van der Waals surface area contributed by atoms with E-state index in [2.05, 4.69) is 4.98 Å². The van der Waals surface area contributed by atoms with Gasteiger partial charge >= 0.3 is 5.97 Å². The normalized spacial score (nSPS) is 15.9. The van der Waals surface area contributed by atoms with Crippen LogP contribution in [0.15, 0.2) is 12.1 Å². The molecule has 1 amide bonds. The van der Waals surface area contributed by atoms with Gasteiger partial charge in [0.2, 0.25) is 5.91 Å². The second-order valence-electron chi connectivity index (χ2n) is 4.66. The van der Waals surface area contributed by atoms with Gasteiger partial charge in [0.25, 0.3) is 0 Å². The molecule has 1 aliphatic rings. The van der Waals surface area contributed by atoms with E-state index in [-0.39, 0.29) is 16.6 Å². The largest absolute Gasteiger partial charge is 0.478 e. The maximum Gasteiger partial charge on any atom is 0.339 e. The van der Waals surface area contributed by atoms with Crippen LogP contribution in [0.2, 0.25) is 5.15 Å². The van der Waals surface area contributed by atoms with Gasteiger partial charge in [-0.2, -0.15) is 0 Å². The number of hydrogen-bond acceptors (Lipinski definition) is 4. The highest BCUT2D eigenvalue weighted by Gasteiger charge is 2.22. The molecule has 1 aromatic heterocycles. The Labute approximate surface area is 122 Å². The van der Waals surface area contributed by atoms with E-state index in [0.717, 1.165) is 6.42 Å². The summed E-state index contributed by atoms with van der Waals surface area (Å²) in [6.45, 7) is 3.97. The zero-order chi connectivity index (χ0) is 14.7. The van der Waals surface area contributed by atoms with E-state index < -0.39 is 5.97 Å². The van der Waals surface area contributed by atoms with Gasteiger partial charge in [-0.25, -0.2) is 9.78 Å². The Kier molecular flexibility index (Phi) is 4.44. The van der Waals surface area contributed by atoms with Crippen molar-refractivity contribution in [3.63, 3.8) is 0 Å². The van der Waals surface area contributed by atoms with Crippen LogP contribution in [0.4, 0.5) is 5.82 Å². The lowest BCUT2D eigenvalue weighted by molar-refractivity contribution is -0.128. The van der Waals surface area contributed by atoms with E-state index in [4.69, 9.17) is 11.6 Å². The molecule has 1 saturated heterocycles. The van der Waals surface area contributed by atoms with Crippen LogP contribution in [0.1, 0.15) is 23.7 Å². The standard InChI is InChI=1S/C13H16ClN3O3/c1-9(18)16-5-2-6-17(8-7-16)12-10(13(19)20)3-4-11(14)15-12/h3-4H,2,5-8H2,1H3,(H,19,20). The van der Waals surface area contributed by atoms with E-state index in [9.17, 15) is 14.7 Å². The lowest BCUT2D eigenvalue weighted by Gasteiger charge is -2.23. The van der Waals surface area contributed by atoms with Gasteiger partial charge in [-0.15, -0.1) is 0 Å². The Bertz CT molecular complexity index is 536. The Morgan fingerprint density at radius 2 is 2.00 bits per heavy atom. The first-order valence-corrected chi connectivity index (χ1v) is 6.77. The molecule has 0 aliphatic carbocycles. The molecule has 1 fully saturated rings. The SMILES string of the molecule is CC(=O)N1CCCN(c2nc(Cl)ccc2C(=O)O)CC1. The molecule has 1 N–H and O–H groups in total. The number of rotatable bonds is 2. The van der Waals surface area contributed by atoms with Gasteiger partial charge in [0.15, 0.2) is 0 Å². The van der Waals surface area contributed by atoms with Gasteiger partial charge in [0.05, 0.1) is 0 Å². The predicted octanol–water partition coefficient (Wildman–Crippen LogP) is 1.49. The molecule has 2 rings (SSSR count). The fraction of sp³-hybridized carbons (Fsp3) is 0.462. The van der Waals surface area contributed by atoms with Gasteiger partial charge < -0.3 is 14.9 Å². The number of nitrogens with zero attached hydrogens (tertiary/aromatic N) is 3. The summed E-state index contributed by atoms with van der Waals surface area (Å²) in [5.74, 6) is -0.628. The zero-order valence-corrected chi connectivity index (χ0v) is 11.9.